The van der Waals surface area contributed by atoms with Crippen LogP contribution >= 0.6 is 0 Å². The van der Waals surface area contributed by atoms with Gasteiger partial charge in [0, 0.05) is 12.7 Å². The molecule has 0 aliphatic rings. The number of ketones is 1. The predicted octanol–water partition coefficient (Wildman–Crippen LogP) is 1.68. The van der Waals surface area contributed by atoms with Crippen LogP contribution in [0.3, 0.4) is 0 Å². The van der Waals surface area contributed by atoms with Crippen molar-refractivity contribution in [3.05, 3.63) is 0 Å². The summed E-state index contributed by atoms with van der Waals surface area (Å²) in [5, 5.41) is 0. The SMILES string of the molecule is CCCCCCCC(=O)C(N)CCS(C)(=O)=O. The van der Waals surface area contributed by atoms with Gasteiger partial charge in [-0.1, -0.05) is 32.6 Å². The normalized spacial score (nSPS) is 13.6. The first-order valence-corrected chi connectivity index (χ1v) is 8.39. The third kappa shape index (κ3) is 10.5. The fraction of sp³-hybridized carbons (Fsp3) is 0.917. The number of rotatable bonds is 10. The fourth-order valence-corrected chi connectivity index (χ4v) is 2.27. The zero-order valence-corrected chi connectivity index (χ0v) is 11.8. The second-order valence-electron chi connectivity index (χ2n) is 4.66. The molecule has 1 unspecified atom stereocenters. The van der Waals surface area contributed by atoms with E-state index in [9.17, 15) is 13.2 Å². The highest BCUT2D eigenvalue weighted by Gasteiger charge is 2.15. The highest BCUT2D eigenvalue weighted by Crippen LogP contribution is 2.07. The van der Waals surface area contributed by atoms with E-state index in [0.717, 1.165) is 25.5 Å². The van der Waals surface area contributed by atoms with E-state index in [1.54, 1.807) is 0 Å². The minimum absolute atomic E-state index is 0.00422. The second-order valence-corrected chi connectivity index (χ2v) is 6.92. The quantitative estimate of drug-likeness (QED) is 0.608. The Bertz CT molecular complexity index is 312. The molecule has 1 atom stereocenters. The van der Waals surface area contributed by atoms with Crippen molar-refractivity contribution in [1.29, 1.82) is 0 Å². The molecule has 0 aromatic rings. The van der Waals surface area contributed by atoms with Crippen molar-refractivity contribution < 1.29 is 13.2 Å². The van der Waals surface area contributed by atoms with Gasteiger partial charge in [0.05, 0.1) is 11.8 Å². The Kier molecular flexibility index (Phi) is 8.43. The minimum Gasteiger partial charge on any atom is -0.321 e. The number of hydrogen-bond acceptors (Lipinski definition) is 4. The van der Waals surface area contributed by atoms with Crippen LogP contribution in [0, 0.1) is 0 Å². The summed E-state index contributed by atoms with van der Waals surface area (Å²) >= 11 is 0. The van der Waals surface area contributed by atoms with Crippen molar-refractivity contribution in [1.82, 2.24) is 0 Å². The Morgan fingerprint density at radius 3 is 2.29 bits per heavy atom. The van der Waals surface area contributed by atoms with Crippen LogP contribution < -0.4 is 5.73 Å². The smallest absolute Gasteiger partial charge is 0.149 e. The largest absolute Gasteiger partial charge is 0.321 e. The van der Waals surface area contributed by atoms with Gasteiger partial charge in [-0.05, 0) is 12.8 Å². The molecule has 0 rings (SSSR count). The van der Waals surface area contributed by atoms with Gasteiger partial charge < -0.3 is 5.73 Å². The Balaban J connectivity index is 3.68. The molecule has 0 saturated heterocycles. The number of sulfone groups is 1. The monoisotopic (exact) mass is 263 g/mol. The maximum Gasteiger partial charge on any atom is 0.149 e. The molecule has 0 aromatic carbocycles. The van der Waals surface area contributed by atoms with E-state index in [1.165, 1.54) is 12.8 Å². The van der Waals surface area contributed by atoms with Crippen molar-refractivity contribution >= 4 is 15.6 Å². The zero-order chi connectivity index (χ0) is 13.3. The second kappa shape index (κ2) is 8.64. The van der Waals surface area contributed by atoms with Crippen LogP contribution in [0.4, 0.5) is 0 Å². The van der Waals surface area contributed by atoms with Crippen LogP contribution in [0.15, 0.2) is 0 Å². The Morgan fingerprint density at radius 2 is 1.76 bits per heavy atom. The first-order valence-electron chi connectivity index (χ1n) is 6.33. The number of hydrogen-bond donors (Lipinski definition) is 1. The first kappa shape index (κ1) is 16.6. The van der Waals surface area contributed by atoms with E-state index in [0.29, 0.717) is 6.42 Å². The van der Waals surface area contributed by atoms with Gasteiger partial charge in [-0.2, -0.15) is 0 Å². The summed E-state index contributed by atoms with van der Waals surface area (Å²) < 4.78 is 21.8. The fourth-order valence-electron chi connectivity index (χ4n) is 1.59. The molecular weight excluding hydrogens is 238 g/mol. The molecule has 0 amide bonds. The molecule has 0 aromatic heterocycles. The number of unbranched alkanes of at least 4 members (excludes halogenated alkanes) is 4. The molecule has 5 heteroatoms. The molecule has 0 spiro atoms. The molecule has 0 aliphatic heterocycles. The van der Waals surface area contributed by atoms with Crippen LogP contribution in [0.2, 0.25) is 0 Å². The maximum absolute atomic E-state index is 11.6. The van der Waals surface area contributed by atoms with E-state index in [2.05, 4.69) is 6.92 Å². The van der Waals surface area contributed by atoms with Gasteiger partial charge in [0.2, 0.25) is 0 Å². The highest BCUT2D eigenvalue weighted by atomic mass is 32.2. The molecule has 0 heterocycles. The van der Waals surface area contributed by atoms with Crippen molar-refractivity contribution in [3.63, 3.8) is 0 Å². The van der Waals surface area contributed by atoms with Crippen LogP contribution in [0.5, 0.6) is 0 Å². The summed E-state index contributed by atoms with van der Waals surface area (Å²) in [6.45, 7) is 2.15. The van der Waals surface area contributed by atoms with E-state index in [1.807, 2.05) is 0 Å². The predicted molar refractivity (Wildman–Crippen MR) is 70.7 cm³/mol. The van der Waals surface area contributed by atoms with Gasteiger partial charge in [0.1, 0.15) is 15.6 Å². The molecule has 0 bridgehead atoms. The summed E-state index contributed by atoms with van der Waals surface area (Å²) in [4.78, 5) is 11.6. The standard InChI is InChI=1S/C12H25NO3S/c1-3-4-5-6-7-8-12(14)11(13)9-10-17(2,15)16/h11H,3-10,13H2,1-2H3. The molecule has 2 N–H and O–H groups in total. The van der Waals surface area contributed by atoms with Crippen LogP contribution in [-0.2, 0) is 14.6 Å². The lowest BCUT2D eigenvalue weighted by atomic mass is 10.0. The minimum atomic E-state index is -3.02. The molecule has 102 valence electrons. The van der Waals surface area contributed by atoms with Gasteiger partial charge in [-0.25, -0.2) is 8.42 Å². The van der Waals surface area contributed by atoms with Gasteiger partial charge in [-0.3, -0.25) is 4.79 Å². The van der Waals surface area contributed by atoms with Crippen molar-refractivity contribution in [2.75, 3.05) is 12.0 Å². The van der Waals surface area contributed by atoms with Gasteiger partial charge >= 0.3 is 0 Å². The van der Waals surface area contributed by atoms with E-state index in [-0.39, 0.29) is 18.0 Å². The van der Waals surface area contributed by atoms with E-state index >= 15 is 0 Å². The summed E-state index contributed by atoms with van der Waals surface area (Å²) in [7, 11) is -3.02. The molecule has 4 nitrogen and oxygen atoms in total. The topological polar surface area (TPSA) is 77.2 Å². The Hall–Kier alpha value is -0.420. The lowest BCUT2D eigenvalue weighted by Gasteiger charge is -2.09. The third-order valence-electron chi connectivity index (χ3n) is 2.74. The average molecular weight is 263 g/mol. The van der Waals surface area contributed by atoms with Gasteiger partial charge in [0.25, 0.3) is 0 Å². The molecule has 0 radical (unpaired) electrons. The number of nitrogens with two attached hydrogens (primary N) is 1. The number of carbonyl (C=O) groups excluding carboxylic acids is 1. The lowest BCUT2D eigenvalue weighted by molar-refractivity contribution is -0.120. The Morgan fingerprint density at radius 1 is 1.18 bits per heavy atom. The summed E-state index contributed by atoms with van der Waals surface area (Å²) in [6, 6.07) is -0.615. The maximum atomic E-state index is 11.6. The van der Waals surface area contributed by atoms with Crippen LogP contribution in [0.1, 0.15) is 51.9 Å². The van der Waals surface area contributed by atoms with Gasteiger partial charge in [-0.15, -0.1) is 0 Å². The molecular formula is C12H25NO3S. The summed E-state index contributed by atoms with van der Waals surface area (Å²) in [5.41, 5.74) is 5.65. The molecule has 0 fully saturated rings. The van der Waals surface area contributed by atoms with E-state index in [4.69, 9.17) is 5.73 Å². The molecule has 0 aliphatic carbocycles. The first-order chi connectivity index (χ1) is 7.87. The summed E-state index contributed by atoms with van der Waals surface area (Å²) in [5.74, 6) is -0.0133. The number of carbonyl (C=O) groups is 1. The lowest BCUT2D eigenvalue weighted by Crippen LogP contribution is -2.32. The van der Waals surface area contributed by atoms with Gasteiger partial charge in [0.15, 0.2) is 0 Å². The van der Waals surface area contributed by atoms with Crippen LogP contribution in [0.25, 0.3) is 0 Å². The van der Waals surface area contributed by atoms with Crippen molar-refractivity contribution in [2.24, 2.45) is 5.73 Å². The Labute approximate surface area is 105 Å². The average Bonchev–Trinajstić information content (AvgIpc) is 2.24. The molecule has 17 heavy (non-hydrogen) atoms. The number of Topliss-reactive ketones (excluding diaryl/α,β-unsaturated/α-hetero) is 1. The highest BCUT2D eigenvalue weighted by molar-refractivity contribution is 7.90. The third-order valence-corrected chi connectivity index (χ3v) is 3.72. The summed E-state index contributed by atoms with van der Waals surface area (Å²) in [6.07, 6.45) is 7.35. The van der Waals surface area contributed by atoms with Crippen molar-refractivity contribution in [3.8, 4) is 0 Å². The zero-order valence-electron chi connectivity index (χ0n) is 10.9. The van der Waals surface area contributed by atoms with Crippen LogP contribution in [-0.4, -0.2) is 32.3 Å². The van der Waals surface area contributed by atoms with E-state index < -0.39 is 15.9 Å². The molecule has 0 saturated carbocycles. The van der Waals surface area contributed by atoms with Crippen molar-refractivity contribution in [2.45, 2.75) is 57.9 Å².